The number of hydrogen-bond donors (Lipinski definition) is 1. The van der Waals surface area contributed by atoms with Crippen molar-refractivity contribution in [3.63, 3.8) is 0 Å². The number of fused-ring (bicyclic) bond motifs is 3. The standard InChI is InChI=1S/C13H10N2O4S/c1-18-13(17)10-11(14)19-8-5-3-2-4-7(8)15-9(16)6-20-12(10)15/h2-5,14H,6H2,1H3. The third kappa shape index (κ3) is 1.78. The molecular formula is C13H10N2O4S. The van der Waals surface area contributed by atoms with Gasteiger partial charge in [0.05, 0.1) is 18.6 Å². The molecule has 1 aromatic carbocycles. The molecule has 3 rings (SSSR count). The Balaban J connectivity index is 2.24. The molecule has 0 unspecified atom stereocenters. The van der Waals surface area contributed by atoms with Crippen molar-refractivity contribution >= 4 is 35.2 Å². The largest absolute Gasteiger partial charge is 0.465 e. The normalized spacial score (nSPS) is 17.4. The van der Waals surface area contributed by atoms with Crippen molar-refractivity contribution in [3.05, 3.63) is 34.9 Å². The van der Waals surface area contributed by atoms with Gasteiger partial charge in [-0.05, 0) is 12.1 Å². The fourth-order valence-electron chi connectivity index (χ4n) is 2.07. The van der Waals surface area contributed by atoms with Crippen molar-refractivity contribution in [2.75, 3.05) is 17.8 Å². The van der Waals surface area contributed by atoms with Gasteiger partial charge in [0.1, 0.15) is 5.03 Å². The highest BCUT2D eigenvalue weighted by molar-refractivity contribution is 8.04. The van der Waals surface area contributed by atoms with Crippen molar-refractivity contribution < 1.29 is 19.1 Å². The Morgan fingerprint density at radius 1 is 1.45 bits per heavy atom. The van der Waals surface area contributed by atoms with Crippen LogP contribution in [-0.2, 0) is 14.3 Å². The molecule has 0 aromatic heterocycles. The van der Waals surface area contributed by atoms with Crippen LogP contribution in [0.3, 0.4) is 0 Å². The van der Waals surface area contributed by atoms with E-state index in [4.69, 9.17) is 10.1 Å². The fraction of sp³-hybridized carbons (Fsp3) is 0.154. The third-order valence-corrected chi connectivity index (χ3v) is 3.98. The molecule has 2 aliphatic rings. The van der Waals surface area contributed by atoms with Gasteiger partial charge < -0.3 is 9.47 Å². The Kier molecular flexibility index (Phi) is 2.98. The Labute approximate surface area is 118 Å². The summed E-state index contributed by atoms with van der Waals surface area (Å²) >= 11 is 1.20. The van der Waals surface area contributed by atoms with E-state index >= 15 is 0 Å². The van der Waals surface area contributed by atoms with Crippen LogP contribution in [0.4, 0.5) is 5.69 Å². The number of nitrogens with one attached hydrogen (secondary N) is 1. The zero-order valence-electron chi connectivity index (χ0n) is 10.5. The first kappa shape index (κ1) is 12.7. The van der Waals surface area contributed by atoms with Gasteiger partial charge >= 0.3 is 5.97 Å². The fourth-order valence-corrected chi connectivity index (χ4v) is 3.11. The number of benzene rings is 1. The van der Waals surface area contributed by atoms with Gasteiger partial charge in [0.15, 0.2) is 11.3 Å². The quantitative estimate of drug-likeness (QED) is 0.793. The predicted molar refractivity (Wildman–Crippen MR) is 73.8 cm³/mol. The third-order valence-electron chi connectivity index (χ3n) is 2.93. The molecule has 2 heterocycles. The minimum Gasteiger partial charge on any atom is -0.465 e. The number of carbonyl (C=O) groups excluding carboxylic acids is 2. The highest BCUT2D eigenvalue weighted by atomic mass is 32.2. The summed E-state index contributed by atoms with van der Waals surface area (Å²) in [4.78, 5) is 25.4. The minimum atomic E-state index is -0.690. The number of carbonyl (C=O) groups is 2. The predicted octanol–water partition coefficient (Wildman–Crippen LogP) is 1.52. The molecule has 0 radical (unpaired) electrons. The summed E-state index contributed by atoms with van der Waals surface area (Å²) in [6.07, 6.45) is 0. The van der Waals surface area contributed by atoms with Crippen molar-refractivity contribution in [1.82, 2.24) is 0 Å². The number of nitrogens with zero attached hydrogens (tertiary/aromatic N) is 1. The van der Waals surface area contributed by atoms with E-state index in [-0.39, 0.29) is 23.1 Å². The van der Waals surface area contributed by atoms with Gasteiger partial charge in [-0.1, -0.05) is 23.9 Å². The number of methoxy groups -OCH3 is 1. The van der Waals surface area contributed by atoms with Crippen LogP contribution in [0.15, 0.2) is 34.9 Å². The summed E-state index contributed by atoms with van der Waals surface area (Å²) in [6.45, 7) is 0. The Bertz CT molecular complexity index is 668. The van der Waals surface area contributed by atoms with Gasteiger partial charge in [-0.2, -0.15) is 0 Å². The average Bonchev–Trinajstić information content (AvgIpc) is 2.75. The lowest BCUT2D eigenvalue weighted by atomic mass is 10.2. The highest BCUT2D eigenvalue weighted by Gasteiger charge is 2.39. The van der Waals surface area contributed by atoms with Gasteiger partial charge in [0, 0.05) is 0 Å². The van der Waals surface area contributed by atoms with E-state index in [9.17, 15) is 9.59 Å². The zero-order valence-corrected chi connectivity index (χ0v) is 11.3. The number of amides is 1. The Morgan fingerprint density at radius 3 is 2.95 bits per heavy atom. The summed E-state index contributed by atoms with van der Waals surface area (Å²) in [7, 11) is 1.23. The van der Waals surface area contributed by atoms with E-state index in [1.165, 1.54) is 23.8 Å². The maximum absolute atomic E-state index is 12.1. The SMILES string of the molecule is COC(=O)C1=C2SCC(=O)N2c2ccccc2OC1=N. The lowest BCUT2D eigenvalue weighted by molar-refractivity contribution is -0.135. The number of rotatable bonds is 1. The number of thioether (sulfide) groups is 1. The molecule has 0 bridgehead atoms. The van der Waals surface area contributed by atoms with Crippen molar-refractivity contribution in [1.29, 1.82) is 5.41 Å². The molecule has 1 fully saturated rings. The van der Waals surface area contributed by atoms with Crippen LogP contribution in [0.2, 0.25) is 0 Å². The topological polar surface area (TPSA) is 79.7 Å². The number of anilines is 1. The van der Waals surface area contributed by atoms with Crippen LogP contribution >= 0.6 is 11.8 Å². The Hall–Kier alpha value is -2.28. The summed E-state index contributed by atoms with van der Waals surface area (Å²) in [5.41, 5.74) is 0.501. The van der Waals surface area contributed by atoms with Crippen LogP contribution in [-0.4, -0.2) is 30.6 Å². The maximum Gasteiger partial charge on any atom is 0.346 e. The van der Waals surface area contributed by atoms with Crippen LogP contribution in [0.5, 0.6) is 5.75 Å². The van der Waals surface area contributed by atoms with Crippen LogP contribution in [0.25, 0.3) is 0 Å². The van der Waals surface area contributed by atoms with Crippen molar-refractivity contribution in [3.8, 4) is 5.75 Å². The molecule has 2 aliphatic heterocycles. The molecule has 102 valence electrons. The van der Waals surface area contributed by atoms with Gasteiger partial charge in [-0.25, -0.2) is 4.79 Å². The summed E-state index contributed by atoms with van der Waals surface area (Å²) < 4.78 is 10.1. The van der Waals surface area contributed by atoms with E-state index in [1.54, 1.807) is 24.3 Å². The molecule has 1 aromatic rings. The molecule has 1 N–H and O–H groups in total. The second kappa shape index (κ2) is 4.68. The molecule has 0 spiro atoms. The molecular weight excluding hydrogens is 280 g/mol. The van der Waals surface area contributed by atoms with Crippen LogP contribution in [0.1, 0.15) is 0 Å². The molecule has 1 saturated heterocycles. The molecule has 0 saturated carbocycles. The minimum absolute atomic E-state index is 0.0282. The van der Waals surface area contributed by atoms with Crippen LogP contribution in [0, 0.1) is 5.41 Å². The highest BCUT2D eigenvalue weighted by Crippen LogP contribution is 2.43. The zero-order chi connectivity index (χ0) is 14.3. The van der Waals surface area contributed by atoms with E-state index in [1.807, 2.05) is 0 Å². The second-order valence-corrected chi connectivity index (χ2v) is 5.05. The van der Waals surface area contributed by atoms with Gasteiger partial charge in [0.2, 0.25) is 11.8 Å². The Morgan fingerprint density at radius 2 is 2.20 bits per heavy atom. The molecule has 0 aliphatic carbocycles. The molecule has 20 heavy (non-hydrogen) atoms. The monoisotopic (exact) mass is 290 g/mol. The lowest BCUT2D eigenvalue weighted by Crippen LogP contribution is -2.26. The molecule has 7 heteroatoms. The number of esters is 1. The van der Waals surface area contributed by atoms with Gasteiger partial charge in [-0.15, -0.1) is 0 Å². The second-order valence-electron chi connectivity index (χ2n) is 4.09. The van der Waals surface area contributed by atoms with Gasteiger partial charge in [0.25, 0.3) is 0 Å². The number of para-hydroxylation sites is 2. The van der Waals surface area contributed by atoms with E-state index in [0.717, 1.165) is 0 Å². The van der Waals surface area contributed by atoms with Gasteiger partial charge in [-0.3, -0.25) is 15.1 Å². The maximum atomic E-state index is 12.1. The first-order valence-corrected chi connectivity index (χ1v) is 6.76. The average molecular weight is 290 g/mol. The molecule has 0 atom stereocenters. The molecule has 1 amide bonds. The summed E-state index contributed by atoms with van der Waals surface area (Å²) in [5, 5.41) is 8.32. The lowest BCUT2D eigenvalue weighted by Gasteiger charge is -2.17. The number of ether oxygens (including phenoxy) is 2. The van der Waals surface area contributed by atoms with Crippen molar-refractivity contribution in [2.45, 2.75) is 0 Å². The first-order valence-electron chi connectivity index (χ1n) is 5.77. The summed E-state index contributed by atoms with van der Waals surface area (Å²) in [5.74, 6) is -0.576. The molecule has 6 nitrogen and oxygen atoms in total. The van der Waals surface area contributed by atoms with E-state index < -0.39 is 5.97 Å². The van der Waals surface area contributed by atoms with E-state index in [0.29, 0.717) is 16.5 Å². The number of hydrogen-bond acceptors (Lipinski definition) is 6. The smallest absolute Gasteiger partial charge is 0.346 e. The van der Waals surface area contributed by atoms with Crippen LogP contribution < -0.4 is 9.64 Å². The first-order chi connectivity index (χ1) is 9.63. The van der Waals surface area contributed by atoms with Crippen molar-refractivity contribution in [2.24, 2.45) is 0 Å². The summed E-state index contributed by atoms with van der Waals surface area (Å²) in [6, 6.07) is 6.87. The van der Waals surface area contributed by atoms with E-state index in [2.05, 4.69) is 4.74 Å².